The minimum atomic E-state index is 0.840. The van der Waals surface area contributed by atoms with Gasteiger partial charge in [0.15, 0.2) is 0 Å². The summed E-state index contributed by atoms with van der Waals surface area (Å²) in [4.78, 5) is 2.50. The van der Waals surface area contributed by atoms with Crippen molar-refractivity contribution in [2.75, 3.05) is 4.90 Å². The molecule has 0 amide bonds. The quantitative estimate of drug-likeness (QED) is 0.160. The predicted molar refractivity (Wildman–Crippen MR) is 270 cm³/mol. The Morgan fingerprint density at radius 3 is 1.72 bits per heavy atom. The Balaban J connectivity index is 1.19. The van der Waals surface area contributed by atoms with Crippen molar-refractivity contribution < 1.29 is 8.83 Å². The third kappa shape index (κ3) is 5.81. The molecule has 0 saturated carbocycles. The Labute approximate surface area is 373 Å². The first kappa shape index (κ1) is 36.5. The van der Waals surface area contributed by atoms with Gasteiger partial charge in [-0.25, -0.2) is 0 Å². The molecular formula is C60H37NO2S. The number of hydrogen-bond donors (Lipinski definition) is 0. The fourth-order valence-corrected chi connectivity index (χ4v) is 11.0. The van der Waals surface area contributed by atoms with Crippen LogP contribution in [0, 0.1) is 0 Å². The standard InChI is InChI=1S/C60H37NO2S/c1-5-16-38(17-6-1)42-28-30-48-54(36-42)63-59-45(40-20-9-3-10-21-40)31-33-51(56(48)59)61(43-29-34-53-50(37-43)47-24-13-14-27-52(47)62-53)58-44(39-18-7-2-8-19-39)32-35-55-57(58)49-26-15-25-46(60(49)64-55)41-22-11-4-12-23-41/h1-37H. The van der Waals surface area contributed by atoms with Crippen LogP contribution in [0.3, 0.4) is 0 Å². The molecule has 64 heavy (non-hydrogen) atoms. The molecular weight excluding hydrogens is 799 g/mol. The van der Waals surface area contributed by atoms with Gasteiger partial charge in [-0.2, -0.15) is 0 Å². The van der Waals surface area contributed by atoms with Crippen LogP contribution in [0.5, 0.6) is 0 Å². The molecule has 0 fully saturated rings. The van der Waals surface area contributed by atoms with Crippen LogP contribution in [-0.4, -0.2) is 0 Å². The highest BCUT2D eigenvalue weighted by molar-refractivity contribution is 7.26. The van der Waals surface area contributed by atoms with Gasteiger partial charge in [-0.1, -0.05) is 170 Å². The van der Waals surface area contributed by atoms with E-state index in [1.54, 1.807) is 0 Å². The van der Waals surface area contributed by atoms with Crippen LogP contribution < -0.4 is 4.90 Å². The SMILES string of the molecule is c1ccc(-c2ccc3c(c2)oc2c(-c4ccccc4)ccc(N(c4ccc5oc6ccccc6c5c4)c4c(-c5ccccc5)ccc5sc6c(-c7ccccc7)cccc6c45)c23)cc1. The van der Waals surface area contributed by atoms with Crippen LogP contribution in [-0.2, 0) is 0 Å². The number of para-hydroxylation sites is 1. The second-order valence-electron chi connectivity index (χ2n) is 16.3. The van der Waals surface area contributed by atoms with Gasteiger partial charge in [0.1, 0.15) is 22.3 Å². The van der Waals surface area contributed by atoms with Crippen molar-refractivity contribution in [3.63, 3.8) is 0 Å². The third-order valence-corrected chi connectivity index (χ3v) is 13.9. The van der Waals surface area contributed by atoms with Crippen molar-refractivity contribution in [1.82, 2.24) is 0 Å². The fourth-order valence-electron chi connectivity index (χ4n) is 9.74. The Bertz CT molecular complexity index is 3890. The van der Waals surface area contributed by atoms with E-state index in [1.165, 1.54) is 31.3 Å². The first-order chi connectivity index (χ1) is 31.7. The van der Waals surface area contributed by atoms with Crippen LogP contribution in [0.2, 0.25) is 0 Å². The van der Waals surface area contributed by atoms with Gasteiger partial charge in [0.05, 0.1) is 16.8 Å². The number of nitrogens with zero attached hydrogens (tertiary/aromatic N) is 1. The number of benzene rings is 10. The van der Waals surface area contributed by atoms with Gasteiger partial charge in [0.2, 0.25) is 0 Å². The normalized spacial score (nSPS) is 11.8. The lowest BCUT2D eigenvalue weighted by molar-refractivity contribution is 0.669. The molecule has 4 heteroatoms. The van der Waals surface area contributed by atoms with E-state index in [0.29, 0.717) is 0 Å². The van der Waals surface area contributed by atoms with Crippen molar-refractivity contribution in [2.24, 2.45) is 0 Å². The van der Waals surface area contributed by atoms with Gasteiger partial charge < -0.3 is 13.7 Å². The van der Waals surface area contributed by atoms with Crippen LogP contribution in [0.15, 0.2) is 233 Å². The number of rotatable bonds is 7. The van der Waals surface area contributed by atoms with Crippen molar-refractivity contribution in [1.29, 1.82) is 0 Å². The topological polar surface area (TPSA) is 29.5 Å². The van der Waals surface area contributed by atoms with Gasteiger partial charge >= 0.3 is 0 Å². The highest BCUT2D eigenvalue weighted by Crippen LogP contribution is 2.54. The summed E-state index contributed by atoms with van der Waals surface area (Å²) in [7, 11) is 0. The fraction of sp³-hybridized carbons (Fsp3) is 0. The van der Waals surface area contributed by atoms with Gasteiger partial charge in [0.25, 0.3) is 0 Å². The van der Waals surface area contributed by atoms with E-state index in [-0.39, 0.29) is 0 Å². The minimum absolute atomic E-state index is 0.840. The van der Waals surface area contributed by atoms with E-state index >= 15 is 0 Å². The van der Waals surface area contributed by atoms with E-state index in [1.807, 2.05) is 17.4 Å². The summed E-state index contributed by atoms with van der Waals surface area (Å²) in [5.74, 6) is 0. The van der Waals surface area contributed by atoms with E-state index in [4.69, 9.17) is 8.83 Å². The number of thiophene rings is 1. The van der Waals surface area contributed by atoms with Crippen molar-refractivity contribution >= 4 is 92.4 Å². The first-order valence-corrected chi connectivity index (χ1v) is 22.5. The Morgan fingerprint density at radius 1 is 0.344 bits per heavy atom. The average Bonchev–Trinajstić information content (AvgIpc) is 4.07. The summed E-state index contributed by atoms with van der Waals surface area (Å²) in [6.07, 6.45) is 0. The monoisotopic (exact) mass is 835 g/mol. The van der Waals surface area contributed by atoms with E-state index < -0.39 is 0 Å². The smallest absolute Gasteiger partial charge is 0.145 e. The molecule has 0 bridgehead atoms. The third-order valence-electron chi connectivity index (χ3n) is 12.7. The molecule has 0 aliphatic heterocycles. The summed E-state index contributed by atoms with van der Waals surface area (Å²) >= 11 is 1.86. The van der Waals surface area contributed by atoms with Crippen molar-refractivity contribution in [3.8, 4) is 44.5 Å². The second kappa shape index (κ2) is 14.7. The zero-order chi connectivity index (χ0) is 42.1. The molecule has 0 atom stereocenters. The molecule has 0 spiro atoms. The minimum Gasteiger partial charge on any atom is -0.456 e. The van der Waals surface area contributed by atoms with E-state index in [9.17, 15) is 0 Å². The Morgan fingerprint density at radius 2 is 0.969 bits per heavy atom. The van der Waals surface area contributed by atoms with Gasteiger partial charge in [-0.3, -0.25) is 0 Å². The van der Waals surface area contributed by atoms with Crippen LogP contribution in [0.25, 0.3) is 109 Å². The Hall–Kier alpha value is -8.18. The molecule has 0 aliphatic carbocycles. The lowest BCUT2D eigenvalue weighted by Gasteiger charge is -2.30. The van der Waals surface area contributed by atoms with E-state index in [2.05, 4.69) is 223 Å². The van der Waals surface area contributed by atoms with Crippen molar-refractivity contribution in [3.05, 3.63) is 224 Å². The van der Waals surface area contributed by atoms with Gasteiger partial charge in [0, 0.05) is 53.1 Å². The van der Waals surface area contributed by atoms with Crippen LogP contribution in [0.1, 0.15) is 0 Å². The maximum Gasteiger partial charge on any atom is 0.145 e. The van der Waals surface area contributed by atoms with E-state index in [0.717, 1.165) is 94.3 Å². The predicted octanol–water partition coefficient (Wildman–Crippen LogP) is 18.0. The molecule has 300 valence electrons. The molecule has 3 aromatic heterocycles. The molecule has 0 unspecified atom stereocenters. The Kier molecular flexibility index (Phi) is 8.40. The number of anilines is 3. The largest absolute Gasteiger partial charge is 0.456 e. The lowest BCUT2D eigenvalue weighted by atomic mass is 9.95. The molecule has 0 radical (unpaired) electrons. The zero-order valence-corrected chi connectivity index (χ0v) is 35.4. The second-order valence-corrected chi connectivity index (χ2v) is 17.4. The molecule has 3 nitrogen and oxygen atoms in total. The van der Waals surface area contributed by atoms with Crippen LogP contribution >= 0.6 is 11.3 Å². The summed E-state index contributed by atoms with van der Waals surface area (Å²) in [6, 6.07) is 80.4. The molecule has 13 aromatic rings. The van der Waals surface area contributed by atoms with Crippen LogP contribution in [0.4, 0.5) is 17.1 Å². The summed E-state index contributed by atoms with van der Waals surface area (Å²) in [5.41, 5.74) is 15.7. The number of furan rings is 2. The molecule has 0 N–H and O–H groups in total. The summed E-state index contributed by atoms with van der Waals surface area (Å²) in [5, 5.41) is 6.67. The zero-order valence-electron chi connectivity index (χ0n) is 34.5. The molecule has 0 saturated heterocycles. The summed E-state index contributed by atoms with van der Waals surface area (Å²) in [6.45, 7) is 0. The van der Waals surface area contributed by atoms with Crippen molar-refractivity contribution in [2.45, 2.75) is 0 Å². The highest BCUT2D eigenvalue weighted by Gasteiger charge is 2.28. The molecule has 13 rings (SSSR count). The summed E-state index contributed by atoms with van der Waals surface area (Å²) < 4.78 is 16.1. The highest BCUT2D eigenvalue weighted by atomic mass is 32.1. The first-order valence-electron chi connectivity index (χ1n) is 21.7. The maximum absolute atomic E-state index is 7.16. The molecule has 10 aromatic carbocycles. The number of hydrogen-bond acceptors (Lipinski definition) is 4. The molecule has 3 heterocycles. The number of fused-ring (bicyclic) bond motifs is 9. The molecule has 0 aliphatic rings. The average molecular weight is 836 g/mol. The van der Waals surface area contributed by atoms with Gasteiger partial charge in [-0.05, 0) is 88.0 Å². The lowest BCUT2D eigenvalue weighted by Crippen LogP contribution is -2.12. The van der Waals surface area contributed by atoms with Gasteiger partial charge in [-0.15, -0.1) is 11.3 Å². The maximum atomic E-state index is 7.16.